The Hall–Kier alpha value is -0.670. The summed E-state index contributed by atoms with van der Waals surface area (Å²) in [5.74, 6) is 4.37. The summed E-state index contributed by atoms with van der Waals surface area (Å²) in [4.78, 5) is 6.88. The van der Waals surface area contributed by atoms with Gasteiger partial charge in [0.1, 0.15) is 5.75 Å². The zero-order valence-electron chi connectivity index (χ0n) is 14.2. The lowest BCUT2D eigenvalue weighted by Gasteiger charge is -2.29. The Balaban J connectivity index is 0.00000208. The van der Waals surface area contributed by atoms with Gasteiger partial charge in [-0.2, -0.15) is 11.8 Å². The summed E-state index contributed by atoms with van der Waals surface area (Å²) in [6, 6.07) is 8.51. The highest BCUT2D eigenvalue weighted by Gasteiger charge is 2.21. The fourth-order valence-electron chi connectivity index (χ4n) is 3.01. The molecule has 1 aromatic carbocycles. The SMILES string of the molecule is CN=C(NCCN1CCSCC1)NC1CCOc2ccccc21.I. The van der Waals surface area contributed by atoms with Gasteiger partial charge in [-0.15, -0.1) is 24.0 Å². The maximum absolute atomic E-state index is 5.72. The second-order valence-corrected chi connectivity index (χ2v) is 7.05. The van der Waals surface area contributed by atoms with Crippen LogP contribution in [0.4, 0.5) is 0 Å². The maximum Gasteiger partial charge on any atom is 0.191 e. The maximum atomic E-state index is 5.72. The van der Waals surface area contributed by atoms with E-state index >= 15 is 0 Å². The smallest absolute Gasteiger partial charge is 0.191 e. The van der Waals surface area contributed by atoms with Crippen LogP contribution in [-0.2, 0) is 0 Å². The second-order valence-electron chi connectivity index (χ2n) is 5.82. The minimum Gasteiger partial charge on any atom is -0.493 e. The average Bonchev–Trinajstić information content (AvgIpc) is 2.62. The van der Waals surface area contributed by atoms with E-state index in [0.29, 0.717) is 0 Å². The highest BCUT2D eigenvalue weighted by molar-refractivity contribution is 14.0. The highest BCUT2D eigenvalue weighted by Crippen LogP contribution is 2.31. The predicted octanol–water partition coefficient (Wildman–Crippen LogP) is 2.34. The van der Waals surface area contributed by atoms with Crippen LogP contribution < -0.4 is 15.4 Å². The Morgan fingerprint density at radius 3 is 2.92 bits per heavy atom. The van der Waals surface area contributed by atoms with Crippen LogP contribution in [0, 0.1) is 0 Å². The quantitative estimate of drug-likeness (QED) is 0.409. The number of thioether (sulfide) groups is 1. The molecular formula is C17H27IN4OS. The van der Waals surface area contributed by atoms with E-state index in [1.807, 2.05) is 30.9 Å². The molecule has 0 spiro atoms. The number of aliphatic imine (C=N–C) groups is 1. The van der Waals surface area contributed by atoms with Gasteiger partial charge < -0.3 is 15.4 Å². The number of rotatable bonds is 4. The zero-order valence-corrected chi connectivity index (χ0v) is 17.3. The first-order valence-electron chi connectivity index (χ1n) is 8.36. The Labute approximate surface area is 166 Å². The molecule has 1 saturated heterocycles. The standard InChI is InChI=1S/C17H26N4OS.HI/c1-18-17(19-7-8-21-9-12-23-13-10-21)20-15-6-11-22-16-5-3-2-4-14(15)16;/h2-5,15H,6-13H2,1H3,(H2,18,19,20);1H. The van der Waals surface area contributed by atoms with Crippen LogP contribution in [0.2, 0.25) is 0 Å². The largest absolute Gasteiger partial charge is 0.493 e. The summed E-state index contributed by atoms with van der Waals surface area (Å²) >= 11 is 2.05. The summed E-state index contributed by atoms with van der Waals surface area (Å²) in [5, 5.41) is 6.98. The van der Waals surface area contributed by atoms with Gasteiger partial charge >= 0.3 is 0 Å². The van der Waals surface area contributed by atoms with Gasteiger partial charge in [-0.1, -0.05) is 18.2 Å². The second kappa shape index (κ2) is 10.4. The fraction of sp³-hybridized carbons (Fsp3) is 0.588. The third-order valence-electron chi connectivity index (χ3n) is 4.32. The van der Waals surface area contributed by atoms with Crippen molar-refractivity contribution in [2.75, 3.05) is 51.3 Å². The van der Waals surface area contributed by atoms with E-state index in [-0.39, 0.29) is 30.0 Å². The molecule has 0 saturated carbocycles. The van der Waals surface area contributed by atoms with E-state index in [0.717, 1.165) is 37.8 Å². The van der Waals surface area contributed by atoms with Gasteiger partial charge in [-0.3, -0.25) is 9.89 Å². The molecule has 2 N–H and O–H groups in total. The Kier molecular flexibility index (Phi) is 8.48. The van der Waals surface area contributed by atoms with Crippen LogP contribution in [0.25, 0.3) is 0 Å². The molecule has 3 rings (SSSR count). The van der Waals surface area contributed by atoms with Crippen LogP contribution >= 0.6 is 35.7 Å². The van der Waals surface area contributed by atoms with Crippen molar-refractivity contribution in [3.8, 4) is 5.75 Å². The zero-order chi connectivity index (χ0) is 15.9. The van der Waals surface area contributed by atoms with Crippen LogP contribution in [0.3, 0.4) is 0 Å². The lowest BCUT2D eigenvalue weighted by molar-refractivity contribution is 0.261. The summed E-state index contributed by atoms with van der Waals surface area (Å²) in [6.07, 6.45) is 0.959. The number of hydrogen-bond donors (Lipinski definition) is 2. The summed E-state index contributed by atoms with van der Waals surface area (Å²) in [5.41, 5.74) is 1.22. The van der Waals surface area contributed by atoms with Gasteiger partial charge in [0.05, 0.1) is 12.6 Å². The lowest BCUT2D eigenvalue weighted by Crippen LogP contribution is -2.45. The first-order valence-corrected chi connectivity index (χ1v) is 9.51. The molecule has 1 fully saturated rings. The van der Waals surface area contributed by atoms with Crippen LogP contribution in [0.15, 0.2) is 29.3 Å². The molecule has 1 atom stereocenters. The first-order chi connectivity index (χ1) is 11.4. The number of ether oxygens (including phenoxy) is 1. The topological polar surface area (TPSA) is 48.9 Å². The number of nitrogens with zero attached hydrogens (tertiary/aromatic N) is 2. The van der Waals surface area contributed by atoms with Crippen molar-refractivity contribution in [1.29, 1.82) is 0 Å². The number of guanidine groups is 1. The van der Waals surface area contributed by atoms with E-state index in [4.69, 9.17) is 4.74 Å². The molecule has 7 heteroatoms. The molecule has 0 aliphatic carbocycles. The minimum absolute atomic E-state index is 0. The van der Waals surface area contributed by atoms with Gasteiger partial charge in [0.2, 0.25) is 0 Å². The Morgan fingerprint density at radius 1 is 1.33 bits per heavy atom. The number of para-hydroxylation sites is 1. The number of halogens is 1. The summed E-state index contributed by atoms with van der Waals surface area (Å²) < 4.78 is 5.72. The van der Waals surface area contributed by atoms with Crippen LogP contribution in [0.5, 0.6) is 5.75 Å². The molecule has 2 aliphatic rings. The van der Waals surface area contributed by atoms with Gasteiger partial charge in [-0.05, 0) is 6.07 Å². The molecule has 134 valence electrons. The van der Waals surface area contributed by atoms with Crippen molar-refractivity contribution in [3.63, 3.8) is 0 Å². The van der Waals surface area contributed by atoms with Crippen LogP contribution in [0.1, 0.15) is 18.0 Å². The molecule has 0 amide bonds. The van der Waals surface area contributed by atoms with Crippen molar-refractivity contribution in [1.82, 2.24) is 15.5 Å². The highest BCUT2D eigenvalue weighted by atomic mass is 127. The third-order valence-corrected chi connectivity index (χ3v) is 5.26. The molecular weight excluding hydrogens is 435 g/mol. The van der Waals surface area contributed by atoms with Crippen molar-refractivity contribution in [3.05, 3.63) is 29.8 Å². The Bertz CT molecular complexity index is 537. The number of fused-ring (bicyclic) bond motifs is 1. The van der Waals surface area contributed by atoms with E-state index in [1.165, 1.54) is 30.2 Å². The third kappa shape index (κ3) is 5.42. The van der Waals surface area contributed by atoms with E-state index in [9.17, 15) is 0 Å². The van der Waals surface area contributed by atoms with E-state index < -0.39 is 0 Å². The molecule has 1 aromatic rings. The average molecular weight is 462 g/mol. The first kappa shape index (κ1) is 19.7. The number of hydrogen-bond acceptors (Lipinski definition) is 4. The van der Waals surface area contributed by atoms with Crippen LogP contribution in [-0.4, -0.2) is 62.2 Å². The monoisotopic (exact) mass is 462 g/mol. The molecule has 2 heterocycles. The summed E-state index contributed by atoms with van der Waals surface area (Å²) in [7, 11) is 1.83. The molecule has 1 unspecified atom stereocenters. The van der Waals surface area contributed by atoms with E-state index in [2.05, 4.69) is 32.7 Å². The van der Waals surface area contributed by atoms with Gasteiger partial charge in [0.15, 0.2) is 5.96 Å². The molecule has 24 heavy (non-hydrogen) atoms. The van der Waals surface area contributed by atoms with Gasteiger partial charge in [0.25, 0.3) is 0 Å². The minimum atomic E-state index is 0. The number of nitrogens with one attached hydrogen (secondary N) is 2. The lowest BCUT2D eigenvalue weighted by atomic mass is 10.0. The fourth-order valence-corrected chi connectivity index (χ4v) is 3.99. The molecule has 2 aliphatic heterocycles. The van der Waals surface area contributed by atoms with Crippen molar-refractivity contribution in [2.24, 2.45) is 4.99 Å². The number of benzene rings is 1. The van der Waals surface area contributed by atoms with E-state index in [1.54, 1.807) is 0 Å². The normalized spacial score (nSPS) is 21.2. The van der Waals surface area contributed by atoms with Crippen molar-refractivity contribution in [2.45, 2.75) is 12.5 Å². The predicted molar refractivity (Wildman–Crippen MR) is 113 cm³/mol. The molecule has 0 bridgehead atoms. The van der Waals surface area contributed by atoms with Crippen molar-refractivity contribution >= 4 is 41.7 Å². The van der Waals surface area contributed by atoms with Crippen molar-refractivity contribution < 1.29 is 4.74 Å². The van der Waals surface area contributed by atoms with Gasteiger partial charge in [0, 0.05) is 56.7 Å². The Morgan fingerprint density at radius 2 is 2.12 bits per heavy atom. The molecule has 5 nitrogen and oxygen atoms in total. The van der Waals surface area contributed by atoms with Gasteiger partial charge in [-0.25, -0.2) is 0 Å². The molecule has 0 radical (unpaired) electrons. The molecule has 0 aromatic heterocycles. The summed E-state index contributed by atoms with van der Waals surface area (Å²) in [6.45, 7) is 5.15.